The van der Waals surface area contributed by atoms with Gasteiger partial charge in [-0.05, 0) is 32.4 Å². The van der Waals surface area contributed by atoms with Gasteiger partial charge in [0.2, 0.25) is 0 Å². The van der Waals surface area contributed by atoms with Crippen molar-refractivity contribution < 1.29 is 14.3 Å². The van der Waals surface area contributed by atoms with Crippen LogP contribution in [0.2, 0.25) is 0 Å². The predicted molar refractivity (Wildman–Crippen MR) is 51.9 cm³/mol. The van der Waals surface area contributed by atoms with E-state index in [4.69, 9.17) is 9.52 Å². The monoisotopic (exact) mass is 197 g/mol. The van der Waals surface area contributed by atoms with Crippen LogP contribution in [0.5, 0.6) is 0 Å². The summed E-state index contributed by atoms with van der Waals surface area (Å²) in [4.78, 5) is 11.4. The Labute approximate surface area is 82.9 Å². The first kappa shape index (κ1) is 10.8. The molecule has 0 aliphatic carbocycles. The van der Waals surface area contributed by atoms with E-state index >= 15 is 0 Å². The first-order valence-corrected chi connectivity index (χ1v) is 4.62. The van der Waals surface area contributed by atoms with E-state index in [1.165, 1.54) is 6.26 Å². The highest BCUT2D eigenvalue weighted by Crippen LogP contribution is 2.02. The fraction of sp³-hybridized carbons (Fsp3) is 0.500. The van der Waals surface area contributed by atoms with Gasteiger partial charge in [-0.2, -0.15) is 0 Å². The van der Waals surface area contributed by atoms with E-state index < -0.39 is 6.10 Å². The van der Waals surface area contributed by atoms with Crippen LogP contribution in [-0.4, -0.2) is 23.2 Å². The Morgan fingerprint density at radius 2 is 2.36 bits per heavy atom. The summed E-state index contributed by atoms with van der Waals surface area (Å²) in [6.45, 7) is 3.53. The zero-order chi connectivity index (χ0) is 10.6. The molecule has 1 amide bonds. The summed E-state index contributed by atoms with van der Waals surface area (Å²) in [5.41, 5.74) is 0. The van der Waals surface area contributed by atoms with Crippen LogP contribution in [0.3, 0.4) is 0 Å². The second-order valence-electron chi connectivity index (χ2n) is 3.44. The third-order valence-electron chi connectivity index (χ3n) is 1.82. The van der Waals surface area contributed by atoms with Crippen molar-refractivity contribution in [1.82, 2.24) is 5.32 Å². The smallest absolute Gasteiger partial charge is 0.287 e. The summed E-state index contributed by atoms with van der Waals surface area (Å²) in [5, 5.41) is 11.8. The molecule has 0 fully saturated rings. The second-order valence-corrected chi connectivity index (χ2v) is 3.44. The molecule has 2 unspecified atom stereocenters. The van der Waals surface area contributed by atoms with Crippen molar-refractivity contribution in [3.8, 4) is 0 Å². The van der Waals surface area contributed by atoms with Gasteiger partial charge in [0.15, 0.2) is 5.76 Å². The Hall–Kier alpha value is -1.29. The molecular formula is C10H15NO3. The number of nitrogens with one attached hydrogen (secondary N) is 1. The minimum Gasteiger partial charge on any atom is -0.459 e. The molecule has 2 atom stereocenters. The Morgan fingerprint density at radius 1 is 1.64 bits per heavy atom. The summed E-state index contributed by atoms with van der Waals surface area (Å²) >= 11 is 0. The lowest BCUT2D eigenvalue weighted by Gasteiger charge is -2.14. The minimum atomic E-state index is -0.415. The van der Waals surface area contributed by atoms with Crippen molar-refractivity contribution in [1.29, 1.82) is 0 Å². The van der Waals surface area contributed by atoms with Crippen LogP contribution in [0.1, 0.15) is 30.8 Å². The van der Waals surface area contributed by atoms with Crippen molar-refractivity contribution in [2.45, 2.75) is 32.4 Å². The molecule has 1 aromatic heterocycles. The third-order valence-corrected chi connectivity index (χ3v) is 1.82. The molecule has 78 valence electrons. The zero-order valence-electron chi connectivity index (χ0n) is 8.36. The average molecular weight is 197 g/mol. The molecule has 1 rings (SSSR count). The summed E-state index contributed by atoms with van der Waals surface area (Å²) in [5.74, 6) is 0.0468. The van der Waals surface area contributed by atoms with Gasteiger partial charge in [-0.1, -0.05) is 0 Å². The first-order valence-electron chi connectivity index (χ1n) is 4.62. The number of aliphatic hydroxyl groups is 1. The Bertz CT molecular complexity index is 280. The van der Waals surface area contributed by atoms with Crippen molar-refractivity contribution >= 4 is 5.91 Å². The Balaban J connectivity index is 2.41. The molecular weight excluding hydrogens is 182 g/mol. The van der Waals surface area contributed by atoms with E-state index in [1.54, 1.807) is 19.1 Å². The van der Waals surface area contributed by atoms with Gasteiger partial charge in [0.05, 0.1) is 12.4 Å². The molecule has 1 heterocycles. The summed E-state index contributed by atoms with van der Waals surface area (Å²) in [6.07, 6.45) is 1.57. The van der Waals surface area contributed by atoms with Crippen molar-refractivity contribution in [2.24, 2.45) is 0 Å². The van der Waals surface area contributed by atoms with E-state index in [1.807, 2.05) is 6.92 Å². The summed E-state index contributed by atoms with van der Waals surface area (Å²) < 4.78 is 4.93. The fourth-order valence-electron chi connectivity index (χ4n) is 1.27. The number of carbonyl (C=O) groups is 1. The van der Waals surface area contributed by atoms with Crippen molar-refractivity contribution in [3.63, 3.8) is 0 Å². The van der Waals surface area contributed by atoms with Crippen LogP contribution in [-0.2, 0) is 0 Å². The molecule has 0 aromatic carbocycles. The molecule has 0 bridgehead atoms. The minimum absolute atomic E-state index is 0.0624. The Kier molecular flexibility index (Phi) is 3.71. The van der Waals surface area contributed by atoms with E-state index in [9.17, 15) is 4.79 Å². The lowest BCUT2D eigenvalue weighted by atomic mass is 10.1. The van der Waals surface area contributed by atoms with Crippen molar-refractivity contribution in [3.05, 3.63) is 24.2 Å². The SMILES string of the molecule is CC(O)CC(C)NC(=O)c1ccco1. The lowest BCUT2D eigenvalue weighted by Crippen LogP contribution is -2.34. The van der Waals surface area contributed by atoms with Crippen LogP contribution in [0.4, 0.5) is 0 Å². The van der Waals surface area contributed by atoms with E-state index in [-0.39, 0.29) is 11.9 Å². The number of hydrogen-bond acceptors (Lipinski definition) is 3. The van der Waals surface area contributed by atoms with Gasteiger partial charge in [0, 0.05) is 6.04 Å². The average Bonchev–Trinajstić information content (AvgIpc) is 2.53. The van der Waals surface area contributed by atoms with Gasteiger partial charge >= 0.3 is 0 Å². The predicted octanol–water partition coefficient (Wildman–Crippen LogP) is 1.17. The second kappa shape index (κ2) is 4.81. The van der Waals surface area contributed by atoms with Gasteiger partial charge in [-0.25, -0.2) is 0 Å². The van der Waals surface area contributed by atoms with Gasteiger partial charge in [-0.15, -0.1) is 0 Å². The topological polar surface area (TPSA) is 62.5 Å². The number of carbonyl (C=O) groups excluding carboxylic acids is 1. The molecule has 0 saturated carbocycles. The highest BCUT2D eigenvalue weighted by atomic mass is 16.3. The standard InChI is InChI=1S/C10H15NO3/c1-7(6-8(2)12)11-10(13)9-4-3-5-14-9/h3-5,7-8,12H,6H2,1-2H3,(H,11,13). The number of rotatable bonds is 4. The van der Waals surface area contributed by atoms with Crippen LogP contribution in [0, 0.1) is 0 Å². The maximum Gasteiger partial charge on any atom is 0.287 e. The molecule has 0 spiro atoms. The number of hydrogen-bond donors (Lipinski definition) is 2. The van der Waals surface area contributed by atoms with Crippen LogP contribution in [0.15, 0.2) is 22.8 Å². The lowest BCUT2D eigenvalue weighted by molar-refractivity contribution is 0.0895. The molecule has 0 saturated heterocycles. The third kappa shape index (κ3) is 3.22. The molecule has 2 N–H and O–H groups in total. The number of aliphatic hydroxyl groups excluding tert-OH is 1. The van der Waals surface area contributed by atoms with Gasteiger partial charge in [-0.3, -0.25) is 4.79 Å². The molecule has 14 heavy (non-hydrogen) atoms. The maximum absolute atomic E-state index is 11.4. The van der Waals surface area contributed by atoms with Gasteiger partial charge in [0.1, 0.15) is 0 Å². The highest BCUT2D eigenvalue weighted by Gasteiger charge is 2.12. The zero-order valence-corrected chi connectivity index (χ0v) is 8.36. The molecule has 1 aromatic rings. The number of amides is 1. The Morgan fingerprint density at radius 3 is 2.86 bits per heavy atom. The molecule has 0 radical (unpaired) electrons. The maximum atomic E-state index is 11.4. The van der Waals surface area contributed by atoms with Crippen LogP contribution >= 0.6 is 0 Å². The normalized spacial score (nSPS) is 14.8. The number of furan rings is 1. The van der Waals surface area contributed by atoms with E-state index in [0.717, 1.165) is 0 Å². The summed E-state index contributed by atoms with van der Waals surface area (Å²) in [6, 6.07) is 3.20. The van der Waals surface area contributed by atoms with Crippen LogP contribution in [0.25, 0.3) is 0 Å². The summed E-state index contributed by atoms with van der Waals surface area (Å²) in [7, 11) is 0. The van der Waals surface area contributed by atoms with Crippen LogP contribution < -0.4 is 5.32 Å². The largest absolute Gasteiger partial charge is 0.459 e. The molecule has 0 aliphatic heterocycles. The molecule has 4 nitrogen and oxygen atoms in total. The van der Waals surface area contributed by atoms with Crippen molar-refractivity contribution in [2.75, 3.05) is 0 Å². The molecule has 4 heteroatoms. The molecule has 0 aliphatic rings. The fourth-order valence-corrected chi connectivity index (χ4v) is 1.27. The van der Waals surface area contributed by atoms with E-state index in [0.29, 0.717) is 12.2 Å². The van der Waals surface area contributed by atoms with Gasteiger partial charge in [0.25, 0.3) is 5.91 Å². The first-order chi connectivity index (χ1) is 6.59. The van der Waals surface area contributed by atoms with Gasteiger partial charge < -0.3 is 14.8 Å². The quantitative estimate of drug-likeness (QED) is 0.761. The highest BCUT2D eigenvalue weighted by molar-refractivity contribution is 5.91. The van der Waals surface area contributed by atoms with E-state index in [2.05, 4.69) is 5.32 Å².